The maximum atomic E-state index is 12.1. The van der Waals surface area contributed by atoms with Gasteiger partial charge in [0.1, 0.15) is 0 Å². The molecule has 0 saturated heterocycles. The molecule has 0 atom stereocenters. The van der Waals surface area contributed by atoms with Crippen molar-refractivity contribution in [2.24, 2.45) is 5.73 Å². The number of carbonyl (C=O) groups excluding carboxylic acids is 1. The standard InChI is InChI=1S/C37H64N6O13/c1-33-40-42-37(43-41-33)35-4-2-34(3-5-35)32-39-36(44)6-8-45-10-12-47-14-16-49-18-20-51-22-24-53-26-28-55-30-31-56-29-27-54-25-23-52-21-19-50-17-15-48-13-11-46-9-7-38/h2-5H,6-32,38H2,1H3,(H,39,44). The summed E-state index contributed by atoms with van der Waals surface area (Å²) in [5.74, 6) is 0.884. The van der Waals surface area contributed by atoms with Gasteiger partial charge in [-0.2, -0.15) is 0 Å². The van der Waals surface area contributed by atoms with Crippen LogP contribution in [0.5, 0.6) is 0 Å². The van der Waals surface area contributed by atoms with E-state index in [0.717, 1.165) is 11.1 Å². The molecular weight excluding hydrogens is 736 g/mol. The predicted molar refractivity (Wildman–Crippen MR) is 203 cm³/mol. The highest BCUT2D eigenvalue weighted by molar-refractivity contribution is 5.76. The average molecular weight is 801 g/mol. The van der Waals surface area contributed by atoms with Gasteiger partial charge in [-0.25, -0.2) is 0 Å². The van der Waals surface area contributed by atoms with Crippen molar-refractivity contribution < 1.29 is 61.6 Å². The molecule has 0 aliphatic heterocycles. The summed E-state index contributed by atoms with van der Waals surface area (Å²) in [5.41, 5.74) is 7.10. The lowest BCUT2D eigenvalue weighted by molar-refractivity contribution is -0.122. The molecule has 0 saturated carbocycles. The summed E-state index contributed by atoms with van der Waals surface area (Å²) in [4.78, 5) is 12.1. The Morgan fingerprint density at radius 2 is 0.768 bits per heavy atom. The van der Waals surface area contributed by atoms with Crippen LogP contribution in [0.2, 0.25) is 0 Å². The zero-order valence-electron chi connectivity index (χ0n) is 33.1. The van der Waals surface area contributed by atoms with Crippen molar-refractivity contribution in [3.63, 3.8) is 0 Å². The minimum atomic E-state index is -0.0879. The number of aromatic nitrogens is 4. The van der Waals surface area contributed by atoms with E-state index >= 15 is 0 Å². The van der Waals surface area contributed by atoms with Crippen molar-refractivity contribution in [2.45, 2.75) is 19.9 Å². The second kappa shape index (κ2) is 37.7. The van der Waals surface area contributed by atoms with E-state index in [1.165, 1.54) is 0 Å². The lowest BCUT2D eigenvalue weighted by Gasteiger charge is -2.09. The van der Waals surface area contributed by atoms with Gasteiger partial charge in [0.25, 0.3) is 0 Å². The minimum absolute atomic E-state index is 0.0879. The summed E-state index contributed by atoms with van der Waals surface area (Å²) in [5, 5.41) is 18.8. The quantitative estimate of drug-likeness (QED) is 0.0871. The summed E-state index contributed by atoms with van der Waals surface area (Å²) < 4.78 is 65.4. The first-order valence-corrected chi connectivity index (χ1v) is 19.2. The lowest BCUT2D eigenvalue weighted by Crippen LogP contribution is -2.24. The molecule has 1 aromatic carbocycles. The van der Waals surface area contributed by atoms with E-state index in [9.17, 15) is 4.79 Å². The molecule has 0 bridgehead atoms. The maximum Gasteiger partial charge on any atom is 0.222 e. The van der Waals surface area contributed by atoms with E-state index < -0.39 is 0 Å². The molecule has 0 aliphatic carbocycles. The number of carbonyl (C=O) groups is 1. The molecule has 19 heteroatoms. The van der Waals surface area contributed by atoms with Gasteiger partial charge in [0.05, 0.1) is 159 Å². The Bertz CT molecular complexity index is 1160. The Morgan fingerprint density at radius 3 is 1.09 bits per heavy atom. The molecule has 3 N–H and O–H groups in total. The minimum Gasteiger partial charge on any atom is -0.379 e. The number of nitrogens with two attached hydrogens (primary N) is 1. The van der Waals surface area contributed by atoms with Crippen molar-refractivity contribution >= 4 is 5.91 Å². The first-order chi connectivity index (χ1) is 27.7. The van der Waals surface area contributed by atoms with Crippen molar-refractivity contribution in [1.82, 2.24) is 25.7 Å². The van der Waals surface area contributed by atoms with Gasteiger partial charge in [-0.05, 0) is 12.5 Å². The molecule has 1 heterocycles. The second-order valence-corrected chi connectivity index (χ2v) is 11.6. The molecule has 0 fully saturated rings. The molecule has 56 heavy (non-hydrogen) atoms. The molecule has 19 nitrogen and oxygen atoms in total. The zero-order chi connectivity index (χ0) is 39.8. The molecule has 2 rings (SSSR count). The Morgan fingerprint density at radius 1 is 0.464 bits per heavy atom. The highest BCUT2D eigenvalue weighted by atomic mass is 16.6. The number of nitrogens with zero attached hydrogens (tertiary/aromatic N) is 4. The SMILES string of the molecule is Cc1nnc(-c2ccc(CNC(=O)CCOCCOCCOCCOCCOCCOCCOCCOCCOCCOCCOCCOCCN)cc2)nn1. The number of aryl methyl sites for hydroxylation is 1. The van der Waals surface area contributed by atoms with Crippen LogP contribution in [0.4, 0.5) is 0 Å². The van der Waals surface area contributed by atoms with Gasteiger partial charge in [-0.1, -0.05) is 24.3 Å². The largest absolute Gasteiger partial charge is 0.379 e. The van der Waals surface area contributed by atoms with Crippen molar-refractivity contribution in [1.29, 1.82) is 0 Å². The Labute approximate surface area is 330 Å². The molecular formula is C37H64N6O13. The van der Waals surface area contributed by atoms with Gasteiger partial charge in [0, 0.05) is 25.1 Å². The van der Waals surface area contributed by atoms with E-state index in [-0.39, 0.29) is 12.3 Å². The normalized spacial score (nSPS) is 11.4. The maximum absolute atomic E-state index is 12.1. The third-order valence-corrected chi connectivity index (χ3v) is 7.11. The lowest BCUT2D eigenvalue weighted by atomic mass is 10.1. The highest BCUT2D eigenvalue weighted by Crippen LogP contribution is 2.14. The van der Waals surface area contributed by atoms with E-state index in [1.807, 2.05) is 24.3 Å². The molecule has 1 amide bonds. The number of rotatable bonds is 41. The van der Waals surface area contributed by atoms with Crippen molar-refractivity contribution in [3.05, 3.63) is 35.7 Å². The van der Waals surface area contributed by atoms with Crippen LogP contribution < -0.4 is 11.1 Å². The van der Waals surface area contributed by atoms with Crippen LogP contribution in [0, 0.1) is 6.92 Å². The predicted octanol–water partition coefficient (Wildman–Crippen LogP) is 0.406. The van der Waals surface area contributed by atoms with E-state index in [4.69, 9.17) is 62.6 Å². The number of amides is 1. The Hall–Kier alpha value is -2.89. The first-order valence-electron chi connectivity index (χ1n) is 19.2. The smallest absolute Gasteiger partial charge is 0.222 e. The van der Waals surface area contributed by atoms with Crippen LogP contribution in [0.25, 0.3) is 11.4 Å². The molecule has 1 aromatic heterocycles. The molecule has 320 valence electrons. The number of benzene rings is 1. The number of hydrogen-bond acceptors (Lipinski definition) is 18. The van der Waals surface area contributed by atoms with Gasteiger partial charge < -0.3 is 67.9 Å². The van der Waals surface area contributed by atoms with Gasteiger partial charge in [0.15, 0.2) is 5.82 Å². The van der Waals surface area contributed by atoms with Gasteiger partial charge in [-0.3, -0.25) is 4.79 Å². The number of nitrogens with one attached hydrogen (secondary N) is 1. The summed E-state index contributed by atoms with van der Waals surface area (Å²) in [6, 6.07) is 7.55. The second-order valence-electron chi connectivity index (χ2n) is 11.6. The monoisotopic (exact) mass is 800 g/mol. The van der Waals surface area contributed by atoms with E-state index in [0.29, 0.717) is 183 Å². The van der Waals surface area contributed by atoms with Crippen molar-refractivity contribution in [2.75, 3.05) is 165 Å². The van der Waals surface area contributed by atoms with Crippen LogP contribution in [0.15, 0.2) is 24.3 Å². The summed E-state index contributed by atoms with van der Waals surface area (Å²) >= 11 is 0. The fourth-order valence-corrected chi connectivity index (χ4v) is 4.22. The Balaban J connectivity index is 1.18. The van der Waals surface area contributed by atoms with Crippen LogP contribution >= 0.6 is 0 Å². The third-order valence-electron chi connectivity index (χ3n) is 7.11. The fourth-order valence-electron chi connectivity index (χ4n) is 4.22. The fraction of sp³-hybridized carbons (Fsp3) is 0.757. The molecule has 0 radical (unpaired) electrons. The Kier molecular flexibility index (Phi) is 33.1. The summed E-state index contributed by atoms with van der Waals surface area (Å²) in [6.45, 7) is 14.3. The van der Waals surface area contributed by atoms with Gasteiger partial charge >= 0.3 is 0 Å². The van der Waals surface area contributed by atoms with Crippen LogP contribution in [-0.4, -0.2) is 191 Å². The molecule has 0 aliphatic rings. The molecule has 0 spiro atoms. The molecule has 2 aromatic rings. The number of ether oxygens (including phenoxy) is 12. The summed E-state index contributed by atoms with van der Waals surface area (Å²) in [7, 11) is 0. The third kappa shape index (κ3) is 30.3. The van der Waals surface area contributed by atoms with Gasteiger partial charge in [-0.15, -0.1) is 20.4 Å². The van der Waals surface area contributed by atoms with Gasteiger partial charge in [0.2, 0.25) is 11.7 Å². The van der Waals surface area contributed by atoms with Crippen LogP contribution in [0.1, 0.15) is 17.8 Å². The van der Waals surface area contributed by atoms with Crippen LogP contribution in [-0.2, 0) is 68.2 Å². The summed E-state index contributed by atoms with van der Waals surface area (Å²) in [6.07, 6.45) is 0.268. The first kappa shape index (κ1) is 49.3. The number of hydrogen-bond donors (Lipinski definition) is 2. The van der Waals surface area contributed by atoms with Crippen LogP contribution in [0.3, 0.4) is 0 Å². The van der Waals surface area contributed by atoms with E-state index in [1.54, 1.807) is 6.92 Å². The molecule has 0 unspecified atom stereocenters. The van der Waals surface area contributed by atoms with E-state index in [2.05, 4.69) is 25.7 Å². The topological polar surface area (TPSA) is 217 Å². The zero-order valence-corrected chi connectivity index (χ0v) is 33.1. The average Bonchev–Trinajstić information content (AvgIpc) is 3.21. The van der Waals surface area contributed by atoms with Crippen molar-refractivity contribution in [3.8, 4) is 11.4 Å². The highest BCUT2D eigenvalue weighted by Gasteiger charge is 2.05.